The number of piperidine rings is 1. The van der Waals surface area contributed by atoms with Gasteiger partial charge in [0.05, 0.1) is 17.6 Å². The van der Waals surface area contributed by atoms with Crippen LogP contribution < -0.4 is 5.69 Å². The second-order valence-electron chi connectivity index (χ2n) is 16.6. The Kier molecular flexibility index (Phi) is 11.7. The summed E-state index contributed by atoms with van der Waals surface area (Å²) < 4.78 is 20.3. The monoisotopic (exact) mass is 762 g/mol. The highest BCUT2D eigenvalue weighted by atomic mass is 28.3. The first-order chi connectivity index (χ1) is 25.6. The molecule has 6 rings (SSSR count). The molecular weight excluding hydrogens is 709 g/mol. The zero-order valence-corrected chi connectivity index (χ0v) is 33.5. The SMILES string of the molecule is CC(C)(C)OC(=O)N1CCn2c(=O)n(C3CCC(=O)N(COCC[Si](C)(C)C)C3=O)c3ccc(CN4CCN(C(=O)OCc5ccccc5)CC4)c(c32)C1. The largest absolute Gasteiger partial charge is 0.445 e. The Morgan fingerprint density at radius 3 is 2.26 bits per heavy atom. The molecule has 0 aliphatic carbocycles. The summed E-state index contributed by atoms with van der Waals surface area (Å²) >= 11 is 0. The van der Waals surface area contributed by atoms with Gasteiger partial charge in [0.1, 0.15) is 25.0 Å². The summed E-state index contributed by atoms with van der Waals surface area (Å²) in [6, 6.07) is 13.5. The van der Waals surface area contributed by atoms with Gasteiger partial charge in [-0.15, -0.1) is 0 Å². The number of rotatable bonds is 10. The number of hydrogen-bond acceptors (Lipinski definition) is 9. The van der Waals surface area contributed by atoms with Crippen LogP contribution in [0.1, 0.15) is 56.3 Å². The minimum atomic E-state index is -1.37. The summed E-state index contributed by atoms with van der Waals surface area (Å²) in [4.78, 5) is 74.2. The second kappa shape index (κ2) is 16.1. The van der Waals surface area contributed by atoms with Crippen molar-refractivity contribution >= 4 is 43.1 Å². The van der Waals surface area contributed by atoms with Crippen molar-refractivity contribution in [1.29, 1.82) is 0 Å². The molecule has 54 heavy (non-hydrogen) atoms. The molecule has 14 nitrogen and oxygen atoms in total. The average Bonchev–Trinajstić information content (AvgIpc) is 3.24. The first kappa shape index (κ1) is 39.2. The lowest BCUT2D eigenvalue weighted by Crippen LogP contribution is -2.48. The summed E-state index contributed by atoms with van der Waals surface area (Å²) in [6.45, 7) is 16.1. The third kappa shape index (κ3) is 9.07. The van der Waals surface area contributed by atoms with E-state index in [1.165, 1.54) is 4.57 Å². The quantitative estimate of drug-likeness (QED) is 0.159. The fourth-order valence-corrected chi connectivity index (χ4v) is 7.92. The molecule has 2 saturated heterocycles. The van der Waals surface area contributed by atoms with Crippen molar-refractivity contribution in [3.05, 3.63) is 69.6 Å². The zero-order valence-electron chi connectivity index (χ0n) is 32.5. The van der Waals surface area contributed by atoms with Crippen LogP contribution in [-0.4, -0.2) is 112 Å². The lowest BCUT2D eigenvalue weighted by molar-refractivity contribution is -0.157. The van der Waals surface area contributed by atoms with Gasteiger partial charge in [-0.2, -0.15) is 0 Å². The summed E-state index contributed by atoms with van der Waals surface area (Å²) in [5.74, 6) is -0.749. The highest BCUT2D eigenvalue weighted by Gasteiger charge is 2.39. The van der Waals surface area contributed by atoms with Crippen molar-refractivity contribution in [2.45, 2.75) is 97.2 Å². The van der Waals surface area contributed by atoms with E-state index < -0.39 is 31.7 Å². The maximum atomic E-state index is 14.4. The van der Waals surface area contributed by atoms with E-state index in [2.05, 4.69) is 24.5 Å². The lowest BCUT2D eigenvalue weighted by Gasteiger charge is -2.34. The van der Waals surface area contributed by atoms with Crippen LogP contribution in [0, 0.1) is 0 Å². The van der Waals surface area contributed by atoms with E-state index in [1.807, 2.05) is 63.2 Å². The number of carbonyl (C=O) groups excluding carboxylic acids is 4. The smallest absolute Gasteiger partial charge is 0.410 e. The van der Waals surface area contributed by atoms with Crippen molar-refractivity contribution in [1.82, 2.24) is 28.7 Å². The molecule has 4 heterocycles. The van der Waals surface area contributed by atoms with Crippen LogP contribution in [-0.2, 0) is 50.0 Å². The van der Waals surface area contributed by atoms with Gasteiger partial charge in [0.2, 0.25) is 5.91 Å². The Balaban J connectivity index is 1.25. The van der Waals surface area contributed by atoms with Gasteiger partial charge in [0.15, 0.2) is 0 Å². The molecule has 2 aromatic carbocycles. The van der Waals surface area contributed by atoms with Crippen molar-refractivity contribution < 1.29 is 33.4 Å². The molecule has 1 atom stereocenters. The highest BCUT2D eigenvalue weighted by Crippen LogP contribution is 2.32. The fourth-order valence-electron chi connectivity index (χ4n) is 7.17. The van der Waals surface area contributed by atoms with Crippen LogP contribution in [0.25, 0.3) is 11.0 Å². The van der Waals surface area contributed by atoms with E-state index in [4.69, 9.17) is 14.2 Å². The highest BCUT2D eigenvalue weighted by molar-refractivity contribution is 6.76. The third-order valence-electron chi connectivity index (χ3n) is 10.2. The maximum absolute atomic E-state index is 14.4. The summed E-state index contributed by atoms with van der Waals surface area (Å²) in [5, 5.41) is 0. The Bertz CT molecular complexity index is 1920. The molecule has 3 aliphatic heterocycles. The minimum Gasteiger partial charge on any atom is -0.445 e. The molecule has 0 bridgehead atoms. The molecule has 4 amide bonds. The Labute approximate surface area is 317 Å². The standard InChI is InChI=1S/C39H54N6O8Si/c1-39(2,3)53-38(50)42-20-21-43-34-30(25-42)29(24-40-16-18-41(19-17-40)37(49)52-26-28-10-8-7-9-11-28)12-13-31(34)45(36(43)48)32-14-15-33(46)44(35(32)47)27-51-22-23-54(4,5)6/h7-13,32H,14-27H2,1-6H3. The van der Waals surface area contributed by atoms with Gasteiger partial charge >= 0.3 is 17.9 Å². The Morgan fingerprint density at radius 1 is 0.870 bits per heavy atom. The molecule has 2 fully saturated rings. The van der Waals surface area contributed by atoms with Crippen LogP contribution in [0.5, 0.6) is 0 Å². The Morgan fingerprint density at radius 2 is 1.57 bits per heavy atom. The number of imidazole rings is 1. The number of nitrogens with zero attached hydrogens (tertiary/aromatic N) is 6. The number of likely N-dealkylation sites (tertiary alicyclic amines) is 1. The number of carbonyl (C=O) groups is 4. The number of imide groups is 1. The lowest BCUT2D eigenvalue weighted by atomic mass is 10.0. The molecule has 3 aliphatic rings. The van der Waals surface area contributed by atoms with Crippen LogP contribution in [0.2, 0.25) is 25.7 Å². The van der Waals surface area contributed by atoms with Crippen LogP contribution in [0.3, 0.4) is 0 Å². The number of hydrogen-bond donors (Lipinski definition) is 0. The average molecular weight is 763 g/mol. The van der Waals surface area contributed by atoms with E-state index >= 15 is 0 Å². The molecule has 15 heteroatoms. The van der Waals surface area contributed by atoms with Gasteiger partial charge in [0, 0.05) is 72.5 Å². The van der Waals surface area contributed by atoms with Crippen molar-refractivity contribution in [3.63, 3.8) is 0 Å². The first-order valence-electron chi connectivity index (χ1n) is 18.9. The number of benzene rings is 2. The van der Waals surface area contributed by atoms with E-state index in [9.17, 15) is 24.0 Å². The zero-order chi connectivity index (χ0) is 38.8. The summed E-state index contributed by atoms with van der Waals surface area (Å²) in [7, 11) is -1.37. The number of ether oxygens (including phenoxy) is 3. The third-order valence-corrected chi connectivity index (χ3v) is 11.9. The van der Waals surface area contributed by atoms with E-state index in [1.54, 1.807) is 14.4 Å². The van der Waals surface area contributed by atoms with Gasteiger partial charge in [-0.1, -0.05) is 56.0 Å². The van der Waals surface area contributed by atoms with Crippen LogP contribution in [0.4, 0.5) is 9.59 Å². The summed E-state index contributed by atoms with van der Waals surface area (Å²) in [5.41, 5.74) is 2.87. The van der Waals surface area contributed by atoms with Crippen molar-refractivity contribution in [3.8, 4) is 0 Å². The predicted octanol–water partition coefficient (Wildman–Crippen LogP) is 5.01. The van der Waals surface area contributed by atoms with Gasteiger partial charge in [-0.3, -0.25) is 28.5 Å². The van der Waals surface area contributed by atoms with E-state index in [0.717, 1.165) is 27.6 Å². The molecular formula is C39H54N6O8Si. The fraction of sp³-hybridized carbons (Fsp3) is 0.564. The normalized spacial score (nSPS) is 18.6. The Hall–Kier alpha value is -4.47. The van der Waals surface area contributed by atoms with Gasteiger partial charge in [-0.25, -0.2) is 14.4 Å². The van der Waals surface area contributed by atoms with Crippen molar-refractivity contribution in [2.75, 3.05) is 46.1 Å². The number of amides is 4. The molecule has 3 aromatic rings. The van der Waals surface area contributed by atoms with E-state index in [0.29, 0.717) is 50.4 Å². The molecule has 0 N–H and O–H groups in total. The van der Waals surface area contributed by atoms with E-state index in [-0.39, 0.29) is 63.5 Å². The van der Waals surface area contributed by atoms with Gasteiger partial charge < -0.3 is 24.0 Å². The van der Waals surface area contributed by atoms with Gasteiger partial charge in [-0.05, 0) is 50.4 Å². The molecule has 1 unspecified atom stereocenters. The summed E-state index contributed by atoms with van der Waals surface area (Å²) in [6.07, 6.45) is -0.484. The number of piperazine rings is 1. The molecule has 1 aromatic heterocycles. The minimum absolute atomic E-state index is 0.121. The molecule has 0 radical (unpaired) electrons. The molecule has 0 saturated carbocycles. The second-order valence-corrected chi connectivity index (χ2v) is 22.3. The first-order valence-corrected chi connectivity index (χ1v) is 22.6. The predicted molar refractivity (Wildman–Crippen MR) is 205 cm³/mol. The molecule has 0 spiro atoms. The van der Waals surface area contributed by atoms with Gasteiger partial charge in [0.25, 0.3) is 5.91 Å². The maximum Gasteiger partial charge on any atom is 0.410 e. The van der Waals surface area contributed by atoms with Crippen LogP contribution in [0.15, 0.2) is 47.3 Å². The molecule has 292 valence electrons. The van der Waals surface area contributed by atoms with Crippen molar-refractivity contribution in [2.24, 2.45) is 0 Å². The number of aromatic nitrogens is 2. The topological polar surface area (TPSA) is 136 Å². The van der Waals surface area contributed by atoms with Crippen LogP contribution >= 0.6 is 0 Å².